The number of alkyl halides is 2. The van der Waals surface area contributed by atoms with E-state index in [9.17, 15) is 13.6 Å². The zero-order valence-corrected chi connectivity index (χ0v) is 11.6. The second kappa shape index (κ2) is 5.22. The van der Waals surface area contributed by atoms with Gasteiger partial charge in [-0.1, -0.05) is 0 Å². The minimum absolute atomic E-state index is 0.0891. The highest BCUT2D eigenvalue weighted by Gasteiger charge is 2.49. The number of hydrogen-bond acceptors (Lipinski definition) is 3. The molecule has 0 aromatic heterocycles. The molecule has 1 amide bonds. The van der Waals surface area contributed by atoms with Gasteiger partial charge in [0.05, 0.1) is 25.4 Å². The molecule has 0 aromatic carbocycles. The van der Waals surface area contributed by atoms with E-state index in [0.29, 0.717) is 45.8 Å². The predicted octanol–water partition coefficient (Wildman–Crippen LogP) is 1.83. The van der Waals surface area contributed by atoms with Crippen LogP contribution in [0.5, 0.6) is 0 Å². The second-order valence-electron chi connectivity index (χ2n) is 6.22. The summed E-state index contributed by atoms with van der Waals surface area (Å²) in [6.45, 7) is 2.50. The highest BCUT2D eigenvalue weighted by atomic mass is 19.3. The molecule has 2 aliphatic heterocycles. The van der Waals surface area contributed by atoms with Gasteiger partial charge in [-0.05, 0) is 19.3 Å². The molecular formula is C14H21F2NO3. The largest absolute Gasteiger partial charge is 0.379 e. The second-order valence-corrected chi connectivity index (χ2v) is 6.22. The van der Waals surface area contributed by atoms with Crippen LogP contribution < -0.4 is 0 Å². The van der Waals surface area contributed by atoms with Crippen LogP contribution in [0.25, 0.3) is 0 Å². The Bertz CT molecular complexity index is 383. The number of carbonyl (C=O) groups excluding carboxylic acids is 1. The molecule has 0 N–H and O–H groups in total. The van der Waals surface area contributed by atoms with E-state index in [0.717, 1.165) is 6.42 Å². The molecule has 4 nitrogen and oxygen atoms in total. The number of halogens is 2. The van der Waals surface area contributed by atoms with E-state index in [1.807, 2.05) is 0 Å². The summed E-state index contributed by atoms with van der Waals surface area (Å²) in [5, 5.41) is 0. The van der Waals surface area contributed by atoms with E-state index in [2.05, 4.69) is 0 Å². The van der Waals surface area contributed by atoms with Crippen LogP contribution in [0, 0.1) is 5.92 Å². The highest BCUT2D eigenvalue weighted by Crippen LogP contribution is 2.39. The topological polar surface area (TPSA) is 38.8 Å². The third-order valence-electron chi connectivity index (χ3n) is 4.74. The van der Waals surface area contributed by atoms with E-state index in [1.165, 1.54) is 0 Å². The molecule has 2 saturated heterocycles. The number of nitrogens with zero attached hydrogens (tertiary/aromatic N) is 1. The summed E-state index contributed by atoms with van der Waals surface area (Å²) in [6.07, 6.45) is 1.34. The van der Waals surface area contributed by atoms with Gasteiger partial charge in [0.15, 0.2) is 0 Å². The predicted molar refractivity (Wildman–Crippen MR) is 67.6 cm³/mol. The fraction of sp³-hybridized carbons (Fsp3) is 0.929. The summed E-state index contributed by atoms with van der Waals surface area (Å²) in [5.41, 5.74) is -0.415. The first kappa shape index (κ1) is 14.2. The fourth-order valence-electron chi connectivity index (χ4n) is 3.60. The van der Waals surface area contributed by atoms with E-state index in [4.69, 9.17) is 9.47 Å². The van der Waals surface area contributed by atoms with Gasteiger partial charge in [0, 0.05) is 31.9 Å². The zero-order chi connectivity index (χ0) is 14.2. The molecule has 1 aliphatic carbocycles. The van der Waals surface area contributed by atoms with Crippen LogP contribution >= 0.6 is 0 Å². The first-order valence-corrected chi connectivity index (χ1v) is 7.37. The fourth-order valence-corrected chi connectivity index (χ4v) is 3.60. The Hall–Kier alpha value is -0.750. The van der Waals surface area contributed by atoms with Crippen LogP contribution in [0.15, 0.2) is 0 Å². The lowest BCUT2D eigenvalue weighted by atomic mass is 9.84. The molecule has 3 fully saturated rings. The number of ether oxygens (including phenoxy) is 2. The summed E-state index contributed by atoms with van der Waals surface area (Å²) in [4.78, 5) is 14.5. The summed E-state index contributed by atoms with van der Waals surface area (Å²) in [5.74, 6) is -3.36. The SMILES string of the molecule is O=C(C1CCCC(F)(F)C1)N1CCOCC12CCOC2. The van der Waals surface area contributed by atoms with E-state index in [1.54, 1.807) is 4.90 Å². The number of amides is 1. The molecule has 2 heterocycles. The standard InChI is InChI=1S/C14H21F2NO3/c15-14(16)3-1-2-11(8-14)12(18)17-5-7-20-10-13(17)4-6-19-9-13/h11H,1-10H2. The maximum absolute atomic E-state index is 13.5. The van der Waals surface area contributed by atoms with Gasteiger partial charge in [0.2, 0.25) is 11.8 Å². The molecule has 0 aromatic rings. The third-order valence-corrected chi connectivity index (χ3v) is 4.74. The first-order chi connectivity index (χ1) is 9.53. The smallest absolute Gasteiger partial charge is 0.248 e. The molecule has 2 atom stereocenters. The van der Waals surface area contributed by atoms with Crippen molar-refractivity contribution < 1.29 is 23.0 Å². The molecule has 3 rings (SSSR count). The van der Waals surface area contributed by atoms with Crippen molar-refractivity contribution in [3.05, 3.63) is 0 Å². The molecule has 20 heavy (non-hydrogen) atoms. The maximum atomic E-state index is 13.5. The number of rotatable bonds is 1. The Morgan fingerprint density at radius 1 is 1.15 bits per heavy atom. The van der Waals surface area contributed by atoms with Gasteiger partial charge in [-0.25, -0.2) is 8.78 Å². The third kappa shape index (κ3) is 2.55. The van der Waals surface area contributed by atoms with Crippen LogP contribution in [0.3, 0.4) is 0 Å². The Kier molecular flexibility index (Phi) is 3.71. The van der Waals surface area contributed by atoms with Crippen molar-refractivity contribution in [3.8, 4) is 0 Å². The summed E-state index contributed by atoms with van der Waals surface area (Å²) in [6, 6.07) is 0. The Morgan fingerprint density at radius 2 is 1.90 bits per heavy atom. The van der Waals surface area contributed by atoms with E-state index >= 15 is 0 Å². The lowest BCUT2D eigenvalue weighted by Crippen LogP contribution is -2.61. The average molecular weight is 289 g/mol. The van der Waals surface area contributed by atoms with Crippen molar-refractivity contribution in [2.45, 2.75) is 43.6 Å². The van der Waals surface area contributed by atoms with Crippen molar-refractivity contribution >= 4 is 5.91 Å². The molecule has 2 unspecified atom stereocenters. The first-order valence-electron chi connectivity index (χ1n) is 7.37. The van der Waals surface area contributed by atoms with E-state index < -0.39 is 17.4 Å². The Labute approximate surface area is 117 Å². The van der Waals surface area contributed by atoms with Gasteiger partial charge in [-0.15, -0.1) is 0 Å². The maximum Gasteiger partial charge on any atom is 0.248 e. The number of hydrogen-bond donors (Lipinski definition) is 0. The molecule has 3 aliphatic rings. The van der Waals surface area contributed by atoms with Crippen LogP contribution in [0.2, 0.25) is 0 Å². The van der Waals surface area contributed by atoms with Crippen molar-refractivity contribution in [3.63, 3.8) is 0 Å². The zero-order valence-electron chi connectivity index (χ0n) is 11.6. The Balaban J connectivity index is 1.74. The van der Waals surface area contributed by atoms with Crippen molar-refractivity contribution in [1.82, 2.24) is 4.90 Å². The molecule has 1 spiro atoms. The lowest BCUT2D eigenvalue weighted by molar-refractivity contribution is -0.160. The lowest BCUT2D eigenvalue weighted by Gasteiger charge is -2.45. The van der Waals surface area contributed by atoms with Gasteiger partial charge >= 0.3 is 0 Å². The van der Waals surface area contributed by atoms with Crippen molar-refractivity contribution in [2.75, 3.05) is 33.0 Å². The van der Waals surface area contributed by atoms with Crippen LogP contribution in [0.4, 0.5) is 8.78 Å². The molecule has 114 valence electrons. The van der Waals surface area contributed by atoms with Gasteiger partial charge < -0.3 is 14.4 Å². The molecule has 6 heteroatoms. The normalized spacial score (nSPS) is 37.3. The van der Waals surface area contributed by atoms with E-state index in [-0.39, 0.29) is 18.7 Å². The Morgan fingerprint density at radius 3 is 2.60 bits per heavy atom. The molecule has 0 bridgehead atoms. The van der Waals surface area contributed by atoms with Gasteiger partial charge in [0.1, 0.15) is 0 Å². The monoisotopic (exact) mass is 289 g/mol. The van der Waals surface area contributed by atoms with Gasteiger partial charge in [-0.2, -0.15) is 0 Å². The van der Waals surface area contributed by atoms with Gasteiger partial charge in [-0.3, -0.25) is 4.79 Å². The average Bonchev–Trinajstić information content (AvgIpc) is 2.86. The van der Waals surface area contributed by atoms with Crippen LogP contribution in [-0.4, -0.2) is 55.2 Å². The highest BCUT2D eigenvalue weighted by molar-refractivity contribution is 5.80. The van der Waals surface area contributed by atoms with Gasteiger partial charge in [0.25, 0.3) is 0 Å². The minimum Gasteiger partial charge on any atom is -0.379 e. The van der Waals surface area contributed by atoms with Crippen molar-refractivity contribution in [2.24, 2.45) is 5.92 Å². The summed E-state index contributed by atoms with van der Waals surface area (Å²) < 4.78 is 38.0. The molecule has 0 radical (unpaired) electrons. The van der Waals surface area contributed by atoms with Crippen molar-refractivity contribution in [1.29, 1.82) is 0 Å². The quantitative estimate of drug-likeness (QED) is 0.739. The molecule has 1 saturated carbocycles. The number of morpholine rings is 1. The summed E-state index contributed by atoms with van der Waals surface area (Å²) >= 11 is 0. The van der Waals surface area contributed by atoms with Crippen LogP contribution in [0.1, 0.15) is 32.1 Å². The number of carbonyl (C=O) groups is 1. The molecular weight excluding hydrogens is 268 g/mol. The summed E-state index contributed by atoms with van der Waals surface area (Å²) in [7, 11) is 0. The van der Waals surface area contributed by atoms with Crippen LogP contribution in [-0.2, 0) is 14.3 Å². The minimum atomic E-state index is -2.69.